The molecule has 142 valence electrons. The predicted octanol–water partition coefficient (Wildman–Crippen LogP) is 4.77. The van der Waals surface area contributed by atoms with E-state index in [1.165, 1.54) is 16.0 Å². The Bertz CT molecular complexity index is 816. The molecule has 2 aromatic carbocycles. The molecule has 4 nitrogen and oxygen atoms in total. The summed E-state index contributed by atoms with van der Waals surface area (Å²) < 4.78 is 16.5. The maximum Gasteiger partial charge on any atom is 0.161 e. The predicted molar refractivity (Wildman–Crippen MR) is 109 cm³/mol. The Kier molecular flexibility index (Phi) is 7.27. The first-order valence-electron chi connectivity index (χ1n) is 8.88. The van der Waals surface area contributed by atoms with Gasteiger partial charge in [-0.15, -0.1) is 11.3 Å². The number of hydrogen-bond acceptors (Lipinski definition) is 5. The number of thiophene rings is 1. The van der Waals surface area contributed by atoms with Gasteiger partial charge < -0.3 is 19.5 Å². The molecule has 3 aromatic rings. The highest BCUT2D eigenvalue weighted by atomic mass is 32.1. The van der Waals surface area contributed by atoms with Crippen molar-refractivity contribution in [2.75, 3.05) is 14.2 Å². The van der Waals surface area contributed by atoms with Crippen LogP contribution in [0.15, 0.2) is 60.0 Å². The highest BCUT2D eigenvalue weighted by Crippen LogP contribution is 2.29. The minimum atomic E-state index is 0.560. The van der Waals surface area contributed by atoms with Crippen molar-refractivity contribution < 1.29 is 14.2 Å². The molecule has 0 bridgehead atoms. The van der Waals surface area contributed by atoms with Crippen LogP contribution in [0.3, 0.4) is 0 Å². The highest BCUT2D eigenvalue weighted by Gasteiger charge is 2.07. The number of rotatable bonds is 10. The van der Waals surface area contributed by atoms with Crippen molar-refractivity contribution in [2.24, 2.45) is 0 Å². The van der Waals surface area contributed by atoms with E-state index >= 15 is 0 Å². The van der Waals surface area contributed by atoms with E-state index in [2.05, 4.69) is 47.1 Å². The van der Waals surface area contributed by atoms with Gasteiger partial charge in [0.25, 0.3) is 0 Å². The van der Waals surface area contributed by atoms with E-state index < -0.39 is 0 Å². The first-order chi connectivity index (χ1) is 13.3. The first kappa shape index (κ1) is 19.4. The largest absolute Gasteiger partial charge is 0.493 e. The van der Waals surface area contributed by atoms with Crippen LogP contribution in [0, 0.1) is 0 Å². The zero-order chi connectivity index (χ0) is 18.9. The Balaban J connectivity index is 1.52. The standard InChI is InChI=1S/C22H25NO3S/c1-24-15-18-7-5-17(6-8-18)13-23-14-19-9-10-21(22(12-19)25-2)26-16-20-4-3-11-27-20/h3-12,23H,13-16H2,1-2H3. The van der Waals surface area contributed by atoms with Gasteiger partial charge in [-0.1, -0.05) is 36.4 Å². The lowest BCUT2D eigenvalue weighted by atomic mass is 10.1. The van der Waals surface area contributed by atoms with E-state index in [0.29, 0.717) is 13.2 Å². The first-order valence-corrected chi connectivity index (χ1v) is 9.76. The lowest BCUT2D eigenvalue weighted by Gasteiger charge is -2.12. The molecule has 0 spiro atoms. The summed E-state index contributed by atoms with van der Waals surface area (Å²) in [4.78, 5) is 1.19. The second kappa shape index (κ2) is 10.1. The van der Waals surface area contributed by atoms with Gasteiger partial charge in [0.2, 0.25) is 0 Å². The zero-order valence-electron chi connectivity index (χ0n) is 15.7. The summed E-state index contributed by atoms with van der Waals surface area (Å²) in [6.45, 7) is 2.78. The van der Waals surface area contributed by atoms with Crippen molar-refractivity contribution >= 4 is 11.3 Å². The van der Waals surface area contributed by atoms with Gasteiger partial charge in [-0.05, 0) is 40.3 Å². The van der Waals surface area contributed by atoms with Crippen LogP contribution < -0.4 is 14.8 Å². The maximum atomic E-state index is 5.89. The zero-order valence-corrected chi connectivity index (χ0v) is 16.6. The third kappa shape index (κ3) is 5.82. The van der Waals surface area contributed by atoms with Gasteiger partial charge in [-0.25, -0.2) is 0 Å². The molecule has 0 fully saturated rings. The van der Waals surface area contributed by atoms with Gasteiger partial charge >= 0.3 is 0 Å². The lowest BCUT2D eigenvalue weighted by molar-refractivity contribution is 0.185. The molecule has 1 aromatic heterocycles. The van der Waals surface area contributed by atoms with Crippen LogP contribution >= 0.6 is 11.3 Å². The normalized spacial score (nSPS) is 10.7. The van der Waals surface area contributed by atoms with E-state index in [0.717, 1.165) is 30.2 Å². The fourth-order valence-electron chi connectivity index (χ4n) is 2.76. The number of methoxy groups -OCH3 is 2. The Morgan fingerprint density at radius 1 is 0.815 bits per heavy atom. The molecule has 0 radical (unpaired) electrons. The molecule has 0 unspecified atom stereocenters. The molecule has 0 atom stereocenters. The summed E-state index contributed by atoms with van der Waals surface area (Å²) in [6, 6.07) is 18.6. The molecule has 5 heteroatoms. The van der Waals surface area contributed by atoms with Crippen LogP contribution in [0.2, 0.25) is 0 Å². The smallest absolute Gasteiger partial charge is 0.161 e. The fraction of sp³-hybridized carbons (Fsp3) is 0.273. The van der Waals surface area contributed by atoms with E-state index in [1.54, 1.807) is 25.6 Å². The lowest BCUT2D eigenvalue weighted by Crippen LogP contribution is -2.12. The molecule has 1 heterocycles. The van der Waals surface area contributed by atoms with Crippen molar-refractivity contribution in [1.82, 2.24) is 5.32 Å². The van der Waals surface area contributed by atoms with Crippen molar-refractivity contribution in [2.45, 2.75) is 26.3 Å². The monoisotopic (exact) mass is 383 g/mol. The third-order valence-electron chi connectivity index (χ3n) is 4.17. The summed E-state index contributed by atoms with van der Waals surface area (Å²) in [7, 11) is 3.38. The molecule has 1 N–H and O–H groups in total. The summed E-state index contributed by atoms with van der Waals surface area (Å²) in [5.41, 5.74) is 3.59. The third-order valence-corrected chi connectivity index (χ3v) is 5.02. The van der Waals surface area contributed by atoms with Crippen molar-refractivity contribution in [3.05, 3.63) is 81.5 Å². The second-order valence-corrected chi connectivity index (χ2v) is 7.24. The average molecular weight is 384 g/mol. The summed E-state index contributed by atoms with van der Waals surface area (Å²) in [5.74, 6) is 1.53. The van der Waals surface area contributed by atoms with Crippen LogP contribution in [0.25, 0.3) is 0 Å². The van der Waals surface area contributed by atoms with E-state index in [9.17, 15) is 0 Å². The number of hydrogen-bond donors (Lipinski definition) is 1. The summed E-state index contributed by atoms with van der Waals surface area (Å²) >= 11 is 1.69. The van der Waals surface area contributed by atoms with Crippen LogP contribution in [0.4, 0.5) is 0 Å². The molecule has 0 aliphatic carbocycles. The summed E-state index contributed by atoms with van der Waals surface area (Å²) in [5, 5.41) is 5.52. The van der Waals surface area contributed by atoms with Crippen LogP contribution in [0.5, 0.6) is 11.5 Å². The van der Waals surface area contributed by atoms with Crippen LogP contribution in [0.1, 0.15) is 21.6 Å². The minimum Gasteiger partial charge on any atom is -0.493 e. The van der Waals surface area contributed by atoms with Gasteiger partial charge in [0.15, 0.2) is 11.5 Å². The average Bonchev–Trinajstić information content (AvgIpc) is 3.22. The van der Waals surface area contributed by atoms with Gasteiger partial charge in [0, 0.05) is 25.1 Å². The van der Waals surface area contributed by atoms with Crippen molar-refractivity contribution in [3.8, 4) is 11.5 Å². The van der Waals surface area contributed by atoms with Gasteiger partial charge in [0.1, 0.15) is 6.61 Å². The molecule has 0 aliphatic heterocycles. The Hall–Kier alpha value is -2.34. The molecule has 0 amide bonds. The van der Waals surface area contributed by atoms with Gasteiger partial charge in [-0.3, -0.25) is 0 Å². The van der Waals surface area contributed by atoms with Crippen molar-refractivity contribution in [1.29, 1.82) is 0 Å². The van der Waals surface area contributed by atoms with E-state index in [-0.39, 0.29) is 0 Å². The molecular weight excluding hydrogens is 358 g/mol. The van der Waals surface area contributed by atoms with Crippen LogP contribution in [-0.2, 0) is 31.0 Å². The number of benzene rings is 2. The van der Waals surface area contributed by atoms with Crippen LogP contribution in [-0.4, -0.2) is 14.2 Å². The molecular formula is C22H25NO3S. The molecule has 27 heavy (non-hydrogen) atoms. The quantitative estimate of drug-likeness (QED) is 0.547. The number of ether oxygens (including phenoxy) is 3. The molecule has 3 rings (SSSR count). The Labute approximate surface area is 164 Å². The van der Waals surface area contributed by atoms with Gasteiger partial charge in [-0.2, -0.15) is 0 Å². The molecule has 0 aliphatic rings. The maximum absolute atomic E-state index is 5.89. The van der Waals surface area contributed by atoms with E-state index in [1.807, 2.05) is 18.2 Å². The molecule has 0 saturated carbocycles. The SMILES string of the molecule is COCc1ccc(CNCc2ccc(OCc3cccs3)c(OC)c2)cc1. The summed E-state index contributed by atoms with van der Waals surface area (Å²) in [6.07, 6.45) is 0. The fourth-order valence-corrected chi connectivity index (χ4v) is 3.37. The minimum absolute atomic E-state index is 0.560. The van der Waals surface area contributed by atoms with Crippen molar-refractivity contribution in [3.63, 3.8) is 0 Å². The highest BCUT2D eigenvalue weighted by molar-refractivity contribution is 7.09. The topological polar surface area (TPSA) is 39.7 Å². The van der Waals surface area contributed by atoms with E-state index in [4.69, 9.17) is 14.2 Å². The molecule has 0 saturated heterocycles. The Morgan fingerprint density at radius 2 is 1.56 bits per heavy atom. The second-order valence-electron chi connectivity index (χ2n) is 6.21. The number of nitrogens with one attached hydrogen (secondary N) is 1. The Morgan fingerprint density at radius 3 is 2.26 bits per heavy atom. The van der Waals surface area contributed by atoms with Gasteiger partial charge in [0.05, 0.1) is 13.7 Å².